The molecular weight excluding hydrogens is 429 g/mol. The Balaban J connectivity index is 1.94. The Morgan fingerprint density at radius 2 is 1.80 bits per heavy atom. The maximum Gasteiger partial charge on any atom is 0.250 e. The van der Waals surface area contributed by atoms with Crippen LogP contribution in [0, 0.1) is 0 Å². The van der Waals surface area contributed by atoms with Crippen molar-refractivity contribution < 1.29 is 19.5 Å². The van der Waals surface area contributed by atoms with Crippen LogP contribution >= 0.6 is 23.2 Å². The Bertz CT molecular complexity index is 1020. The van der Waals surface area contributed by atoms with Gasteiger partial charge in [-0.05, 0) is 44.2 Å². The smallest absolute Gasteiger partial charge is 0.250 e. The first-order valence-electron chi connectivity index (χ1n) is 8.90. The van der Waals surface area contributed by atoms with Crippen LogP contribution < -0.4 is 5.32 Å². The first-order valence-corrected chi connectivity index (χ1v) is 9.66. The van der Waals surface area contributed by atoms with E-state index in [1.165, 1.54) is 18.2 Å². The molecule has 0 saturated carbocycles. The highest BCUT2D eigenvalue weighted by Crippen LogP contribution is 2.35. The Morgan fingerprint density at radius 3 is 2.37 bits per heavy atom. The average molecular weight is 448 g/mol. The number of benzene rings is 2. The van der Waals surface area contributed by atoms with E-state index in [1.807, 2.05) is 0 Å². The highest BCUT2D eigenvalue weighted by Gasteiger charge is 2.48. The van der Waals surface area contributed by atoms with Gasteiger partial charge >= 0.3 is 0 Å². The molecule has 1 aliphatic rings. The minimum atomic E-state index is -1.41. The number of halogens is 2. The molecule has 7 nitrogen and oxygen atoms in total. The summed E-state index contributed by atoms with van der Waals surface area (Å²) in [5, 5.41) is 15.9. The third-order valence-corrected chi connectivity index (χ3v) is 5.09. The molecule has 0 bridgehead atoms. The largest absolute Gasteiger partial charge is 0.423 e. The minimum absolute atomic E-state index is 0.135. The second-order valence-electron chi connectivity index (χ2n) is 7.12. The number of amides is 2. The lowest BCUT2D eigenvalue weighted by Crippen LogP contribution is -2.59. The van der Waals surface area contributed by atoms with E-state index in [-0.39, 0.29) is 11.8 Å². The van der Waals surface area contributed by atoms with Crippen molar-refractivity contribution >= 4 is 46.6 Å². The van der Waals surface area contributed by atoms with E-state index in [4.69, 9.17) is 27.9 Å². The third-order valence-electron chi connectivity index (χ3n) is 4.65. The molecule has 0 aliphatic carbocycles. The van der Waals surface area contributed by atoms with E-state index in [9.17, 15) is 14.8 Å². The molecule has 0 radical (unpaired) electrons. The lowest BCUT2D eigenvalue weighted by molar-refractivity contribution is -0.145. The van der Waals surface area contributed by atoms with Crippen LogP contribution in [0.3, 0.4) is 0 Å². The molecule has 3 rings (SSSR count). The molecule has 156 valence electrons. The van der Waals surface area contributed by atoms with E-state index < -0.39 is 23.3 Å². The fourth-order valence-electron chi connectivity index (χ4n) is 3.19. The predicted molar refractivity (Wildman–Crippen MR) is 115 cm³/mol. The lowest BCUT2D eigenvalue weighted by atomic mass is 9.92. The summed E-state index contributed by atoms with van der Waals surface area (Å²) in [7, 11) is 0. The van der Waals surface area contributed by atoms with Gasteiger partial charge in [0.2, 0.25) is 17.7 Å². The number of hydrogen-bond donors (Lipinski definition) is 2. The number of carbonyl (C=O) groups is 2. The van der Waals surface area contributed by atoms with Crippen molar-refractivity contribution in [3.8, 4) is 0 Å². The number of rotatable bonds is 4. The summed E-state index contributed by atoms with van der Waals surface area (Å²) < 4.78 is 5.50. The molecule has 1 aliphatic heterocycles. The number of oxime groups is 1. The van der Waals surface area contributed by atoms with Crippen molar-refractivity contribution in [2.45, 2.75) is 25.3 Å². The van der Waals surface area contributed by atoms with Gasteiger partial charge in [0.1, 0.15) is 11.5 Å². The zero-order valence-electron chi connectivity index (χ0n) is 16.2. The summed E-state index contributed by atoms with van der Waals surface area (Å²) >= 11 is 12.0. The molecule has 0 aromatic heterocycles. The predicted octanol–water partition coefficient (Wildman–Crippen LogP) is 4.61. The van der Waals surface area contributed by atoms with E-state index in [1.54, 1.807) is 44.2 Å². The van der Waals surface area contributed by atoms with Gasteiger partial charge in [0, 0.05) is 15.7 Å². The molecule has 1 heterocycles. The summed E-state index contributed by atoms with van der Waals surface area (Å²) in [5.74, 6) is -2.42. The van der Waals surface area contributed by atoms with Crippen LogP contribution in [0.1, 0.15) is 25.3 Å². The topological polar surface area (TPSA) is 91.2 Å². The van der Waals surface area contributed by atoms with Crippen LogP contribution in [-0.4, -0.2) is 33.4 Å². The van der Waals surface area contributed by atoms with E-state index in [0.717, 1.165) is 4.90 Å². The van der Waals surface area contributed by atoms with Gasteiger partial charge < -0.3 is 15.3 Å². The Kier molecular flexibility index (Phi) is 6.05. The van der Waals surface area contributed by atoms with Gasteiger partial charge in [0.15, 0.2) is 5.88 Å². The molecule has 2 aromatic rings. The molecule has 1 atom stereocenters. The second kappa shape index (κ2) is 8.38. The molecule has 1 fully saturated rings. The van der Waals surface area contributed by atoms with Gasteiger partial charge in [-0.15, -0.1) is 0 Å². The number of ether oxygens (including phenoxy) is 1. The summed E-state index contributed by atoms with van der Waals surface area (Å²) in [5.41, 5.74) is -0.485. The van der Waals surface area contributed by atoms with E-state index >= 15 is 0 Å². The molecule has 30 heavy (non-hydrogen) atoms. The lowest BCUT2D eigenvalue weighted by Gasteiger charge is -2.42. The van der Waals surface area contributed by atoms with E-state index in [0.29, 0.717) is 21.3 Å². The van der Waals surface area contributed by atoms with Crippen molar-refractivity contribution in [2.75, 3.05) is 5.32 Å². The summed E-state index contributed by atoms with van der Waals surface area (Å²) in [6.45, 7) is 6.82. The molecule has 1 unspecified atom stereocenters. The molecule has 2 aromatic carbocycles. The van der Waals surface area contributed by atoms with Crippen LogP contribution in [0.2, 0.25) is 10.0 Å². The van der Waals surface area contributed by atoms with Crippen LogP contribution in [0.25, 0.3) is 0 Å². The van der Waals surface area contributed by atoms with Gasteiger partial charge in [0.25, 0.3) is 0 Å². The minimum Gasteiger partial charge on any atom is -0.423 e. The average Bonchev–Trinajstić information content (AvgIpc) is 2.67. The molecule has 0 spiro atoms. The SMILES string of the molecule is C=C1OC(=NO)C(c2ccccc2)C(=O)N1C(C)(C)C(=O)Nc1cc(Cl)cc(Cl)c1. The highest BCUT2D eigenvalue weighted by molar-refractivity contribution is 6.35. The van der Waals surface area contributed by atoms with Crippen molar-refractivity contribution in [1.29, 1.82) is 0 Å². The quantitative estimate of drug-likeness (QED) is 0.528. The second-order valence-corrected chi connectivity index (χ2v) is 8.00. The van der Waals surface area contributed by atoms with Crippen molar-refractivity contribution in [1.82, 2.24) is 4.90 Å². The van der Waals surface area contributed by atoms with Crippen molar-refractivity contribution in [3.05, 3.63) is 76.6 Å². The molecule has 1 saturated heterocycles. The fourth-order valence-corrected chi connectivity index (χ4v) is 3.72. The van der Waals surface area contributed by atoms with Crippen LogP contribution in [0.4, 0.5) is 5.69 Å². The number of nitrogens with one attached hydrogen (secondary N) is 1. The molecule has 2 N–H and O–H groups in total. The third kappa shape index (κ3) is 4.13. The standard InChI is InChI=1S/C21H19Cl2N3O4/c1-12-26(19(27)17(18(25-29)30-12)13-7-5-4-6-8-13)21(2,3)20(28)24-16-10-14(22)9-15(23)11-16/h4-11,17,29H,1H2,2-3H3,(H,24,28). The van der Waals surface area contributed by atoms with Crippen molar-refractivity contribution in [3.63, 3.8) is 0 Å². The summed E-state index contributed by atoms with van der Waals surface area (Å²) in [4.78, 5) is 27.6. The highest BCUT2D eigenvalue weighted by atomic mass is 35.5. The maximum absolute atomic E-state index is 13.4. The number of carbonyl (C=O) groups excluding carboxylic acids is 2. The molecular formula is C21H19Cl2N3O4. The number of hydrogen-bond acceptors (Lipinski definition) is 5. The van der Waals surface area contributed by atoms with Gasteiger partial charge in [-0.3, -0.25) is 14.5 Å². The number of nitrogens with zero attached hydrogens (tertiary/aromatic N) is 2. The zero-order chi connectivity index (χ0) is 22.1. The summed E-state index contributed by atoms with van der Waals surface area (Å²) in [6.07, 6.45) is 0. The van der Waals surface area contributed by atoms with Gasteiger partial charge in [-0.1, -0.05) is 58.7 Å². The van der Waals surface area contributed by atoms with Crippen molar-refractivity contribution in [2.24, 2.45) is 5.16 Å². The first kappa shape index (κ1) is 21.7. The van der Waals surface area contributed by atoms with Gasteiger partial charge in [-0.25, -0.2) is 0 Å². The molecule has 2 amide bonds. The van der Waals surface area contributed by atoms with Crippen LogP contribution in [-0.2, 0) is 14.3 Å². The van der Waals surface area contributed by atoms with Crippen LogP contribution in [0.15, 0.2) is 66.1 Å². The van der Waals surface area contributed by atoms with E-state index in [2.05, 4.69) is 17.1 Å². The Morgan fingerprint density at radius 1 is 1.20 bits per heavy atom. The fraction of sp³-hybridized carbons (Fsp3) is 0.190. The normalized spacial score (nSPS) is 18.3. The molecule has 9 heteroatoms. The van der Waals surface area contributed by atoms with Gasteiger partial charge in [0.05, 0.1) is 0 Å². The number of anilines is 1. The van der Waals surface area contributed by atoms with Crippen LogP contribution in [0.5, 0.6) is 0 Å². The Labute approximate surface area is 183 Å². The Hall–Kier alpha value is -3.03. The van der Waals surface area contributed by atoms with Gasteiger partial charge in [-0.2, -0.15) is 0 Å². The first-order chi connectivity index (χ1) is 14.1. The zero-order valence-corrected chi connectivity index (χ0v) is 17.7. The monoisotopic (exact) mass is 447 g/mol. The summed E-state index contributed by atoms with van der Waals surface area (Å²) in [6, 6.07) is 13.3. The maximum atomic E-state index is 13.4.